The Bertz CT molecular complexity index is 831. The van der Waals surface area contributed by atoms with E-state index in [2.05, 4.69) is 31.2 Å². The van der Waals surface area contributed by atoms with Gasteiger partial charge >= 0.3 is 6.18 Å². The molecular weight excluding hydrogens is 367 g/mol. The average molecular weight is 386 g/mol. The van der Waals surface area contributed by atoms with Crippen molar-refractivity contribution in [3.8, 4) is 0 Å². The van der Waals surface area contributed by atoms with Crippen LogP contribution in [-0.4, -0.2) is 15.7 Å². The highest BCUT2D eigenvalue weighted by Gasteiger charge is 2.38. The molecule has 1 amide bonds. The van der Waals surface area contributed by atoms with E-state index in [4.69, 9.17) is 11.6 Å². The van der Waals surface area contributed by atoms with E-state index < -0.39 is 17.8 Å². The van der Waals surface area contributed by atoms with Gasteiger partial charge in [0, 0.05) is 24.4 Å². The number of aryl methyl sites for hydroxylation is 1. The van der Waals surface area contributed by atoms with Crippen LogP contribution in [0.4, 0.5) is 18.9 Å². The first-order valence-electron chi connectivity index (χ1n) is 7.79. The van der Waals surface area contributed by atoms with Gasteiger partial charge in [-0.25, -0.2) is 0 Å². The second kappa shape index (κ2) is 7.15. The van der Waals surface area contributed by atoms with E-state index in [1.807, 2.05) is 12.1 Å². The molecule has 4 nitrogen and oxygen atoms in total. The zero-order valence-corrected chi connectivity index (χ0v) is 15.5. The molecule has 0 aliphatic rings. The van der Waals surface area contributed by atoms with E-state index in [-0.39, 0.29) is 16.1 Å². The molecule has 0 fully saturated rings. The van der Waals surface area contributed by atoms with Crippen molar-refractivity contribution in [3.63, 3.8) is 0 Å². The summed E-state index contributed by atoms with van der Waals surface area (Å²) in [5.41, 5.74) is 0.139. The zero-order valence-electron chi connectivity index (χ0n) is 14.8. The van der Waals surface area contributed by atoms with Crippen molar-refractivity contribution in [2.24, 2.45) is 7.05 Å². The molecule has 2 rings (SSSR count). The smallest absolute Gasteiger partial charge is 0.323 e. The maximum atomic E-state index is 13.0. The number of halogens is 4. The number of aromatic nitrogens is 2. The van der Waals surface area contributed by atoms with Crippen LogP contribution in [0.5, 0.6) is 0 Å². The Balaban J connectivity index is 2.16. The van der Waals surface area contributed by atoms with E-state index in [0.717, 1.165) is 22.4 Å². The molecule has 1 aromatic carbocycles. The summed E-state index contributed by atoms with van der Waals surface area (Å²) in [4.78, 5) is 12.0. The highest BCUT2D eigenvalue weighted by Crippen LogP contribution is 2.34. The summed E-state index contributed by atoms with van der Waals surface area (Å²) in [6, 6.07) is 7.26. The Labute approximate surface area is 154 Å². The number of hydrogen-bond acceptors (Lipinski definition) is 2. The average Bonchev–Trinajstić information content (AvgIpc) is 2.80. The molecule has 26 heavy (non-hydrogen) atoms. The van der Waals surface area contributed by atoms with Crippen LogP contribution in [0.25, 0.3) is 6.08 Å². The lowest BCUT2D eigenvalue weighted by molar-refractivity contribution is -0.141. The number of benzene rings is 1. The van der Waals surface area contributed by atoms with Gasteiger partial charge < -0.3 is 5.32 Å². The summed E-state index contributed by atoms with van der Waals surface area (Å²) >= 11 is 5.84. The lowest BCUT2D eigenvalue weighted by Crippen LogP contribution is -2.12. The molecule has 2 aromatic rings. The molecule has 0 radical (unpaired) electrons. The molecule has 0 spiro atoms. The van der Waals surface area contributed by atoms with E-state index in [0.29, 0.717) is 5.69 Å². The van der Waals surface area contributed by atoms with Crippen LogP contribution in [-0.2, 0) is 23.4 Å². The summed E-state index contributed by atoms with van der Waals surface area (Å²) in [5.74, 6) is -0.568. The second-order valence-corrected chi connectivity index (χ2v) is 7.18. The van der Waals surface area contributed by atoms with Gasteiger partial charge in [-0.15, -0.1) is 0 Å². The zero-order chi connectivity index (χ0) is 19.7. The number of alkyl halides is 3. The number of anilines is 1. The van der Waals surface area contributed by atoms with Crippen LogP contribution in [0.15, 0.2) is 30.3 Å². The van der Waals surface area contributed by atoms with Gasteiger partial charge in [0.25, 0.3) is 0 Å². The van der Waals surface area contributed by atoms with Crippen molar-refractivity contribution in [3.05, 3.63) is 52.3 Å². The first kappa shape index (κ1) is 20.0. The van der Waals surface area contributed by atoms with Crippen molar-refractivity contribution >= 4 is 29.3 Å². The fourth-order valence-electron chi connectivity index (χ4n) is 2.27. The van der Waals surface area contributed by atoms with Crippen molar-refractivity contribution in [2.45, 2.75) is 32.4 Å². The van der Waals surface area contributed by atoms with Crippen LogP contribution in [0.2, 0.25) is 5.15 Å². The molecule has 0 aliphatic carbocycles. The summed E-state index contributed by atoms with van der Waals surface area (Å²) < 4.78 is 39.8. The highest BCUT2D eigenvalue weighted by molar-refractivity contribution is 6.31. The molecule has 0 atom stereocenters. The third kappa shape index (κ3) is 4.66. The molecule has 1 aromatic heterocycles. The fourth-order valence-corrected chi connectivity index (χ4v) is 2.46. The molecule has 0 unspecified atom stereocenters. The predicted octanol–water partition coefficient (Wildman–Crippen LogP) is 5.04. The Kier molecular flexibility index (Phi) is 5.51. The van der Waals surface area contributed by atoms with E-state index in [9.17, 15) is 18.0 Å². The largest absolute Gasteiger partial charge is 0.435 e. The number of carbonyl (C=O) groups excluding carboxylic acids is 1. The van der Waals surface area contributed by atoms with Crippen molar-refractivity contribution < 1.29 is 18.0 Å². The molecule has 1 N–H and O–H groups in total. The Morgan fingerprint density at radius 1 is 1.19 bits per heavy atom. The lowest BCUT2D eigenvalue weighted by atomic mass is 9.87. The molecule has 0 saturated heterocycles. The summed E-state index contributed by atoms with van der Waals surface area (Å²) in [5, 5.41) is 5.75. The molecule has 0 bridgehead atoms. The fraction of sp³-hybridized carbons (Fsp3) is 0.333. The number of nitrogens with zero attached hydrogens (tertiary/aromatic N) is 2. The monoisotopic (exact) mass is 385 g/mol. The van der Waals surface area contributed by atoms with E-state index in [1.54, 1.807) is 12.1 Å². The molecule has 140 valence electrons. The minimum atomic E-state index is -4.66. The van der Waals surface area contributed by atoms with Gasteiger partial charge in [-0.1, -0.05) is 44.5 Å². The molecule has 8 heteroatoms. The van der Waals surface area contributed by atoms with Crippen LogP contribution in [0, 0.1) is 0 Å². The van der Waals surface area contributed by atoms with Gasteiger partial charge in [0.05, 0.1) is 0 Å². The van der Waals surface area contributed by atoms with Crippen LogP contribution in [0.1, 0.15) is 37.6 Å². The van der Waals surface area contributed by atoms with Gasteiger partial charge in [0.2, 0.25) is 5.91 Å². The van der Waals surface area contributed by atoms with Gasteiger partial charge in [0.15, 0.2) is 5.69 Å². The lowest BCUT2D eigenvalue weighted by Gasteiger charge is -2.19. The van der Waals surface area contributed by atoms with Crippen LogP contribution in [0.3, 0.4) is 0 Å². The highest BCUT2D eigenvalue weighted by atomic mass is 35.5. The van der Waals surface area contributed by atoms with E-state index >= 15 is 0 Å². The maximum Gasteiger partial charge on any atom is 0.435 e. The Morgan fingerprint density at radius 2 is 1.77 bits per heavy atom. The Hall–Kier alpha value is -2.28. The molecule has 1 heterocycles. The minimum absolute atomic E-state index is 0.0203. The summed E-state index contributed by atoms with van der Waals surface area (Å²) in [6.07, 6.45) is -2.66. The third-order valence-electron chi connectivity index (χ3n) is 3.70. The summed E-state index contributed by atoms with van der Waals surface area (Å²) in [7, 11) is 1.30. The minimum Gasteiger partial charge on any atom is -0.323 e. The number of carbonyl (C=O) groups is 1. The standard InChI is InChI=1S/C18H19ClF3N3O/c1-17(2,3)11-5-7-12(8-6-11)23-14(26)10-9-13-15(18(20,21)22)24-25(4)16(13)19/h5-10H,1-4H3,(H,23,26)/b10-9+. The molecular formula is C18H19ClF3N3O. The van der Waals surface area contributed by atoms with Crippen molar-refractivity contribution in [1.29, 1.82) is 0 Å². The van der Waals surface area contributed by atoms with Crippen molar-refractivity contribution in [1.82, 2.24) is 9.78 Å². The number of rotatable bonds is 3. The first-order chi connectivity index (χ1) is 11.9. The second-order valence-electron chi connectivity index (χ2n) is 6.82. The van der Waals surface area contributed by atoms with Gasteiger partial charge in [-0.05, 0) is 29.2 Å². The van der Waals surface area contributed by atoms with Crippen LogP contribution >= 0.6 is 11.6 Å². The summed E-state index contributed by atoms with van der Waals surface area (Å²) in [6.45, 7) is 6.21. The number of hydrogen-bond donors (Lipinski definition) is 1. The third-order valence-corrected chi connectivity index (χ3v) is 4.15. The van der Waals surface area contributed by atoms with Crippen molar-refractivity contribution in [2.75, 3.05) is 5.32 Å². The number of nitrogens with one attached hydrogen (secondary N) is 1. The molecule has 0 saturated carbocycles. The SMILES string of the molecule is Cn1nc(C(F)(F)F)c(/C=C/C(=O)Nc2ccc(C(C)(C)C)cc2)c1Cl. The topological polar surface area (TPSA) is 46.9 Å². The Morgan fingerprint density at radius 3 is 2.27 bits per heavy atom. The van der Waals surface area contributed by atoms with E-state index in [1.165, 1.54) is 7.05 Å². The quantitative estimate of drug-likeness (QED) is 0.752. The number of amides is 1. The van der Waals surface area contributed by atoms with Gasteiger partial charge in [-0.2, -0.15) is 18.3 Å². The maximum absolute atomic E-state index is 13.0. The van der Waals surface area contributed by atoms with Gasteiger partial charge in [0.1, 0.15) is 5.15 Å². The predicted molar refractivity (Wildman–Crippen MR) is 96.0 cm³/mol. The first-order valence-corrected chi connectivity index (χ1v) is 8.16. The normalized spacial score (nSPS) is 12.6. The van der Waals surface area contributed by atoms with Crippen LogP contribution < -0.4 is 5.32 Å². The molecule has 0 aliphatic heterocycles. The van der Waals surface area contributed by atoms with Gasteiger partial charge in [-0.3, -0.25) is 9.48 Å².